The van der Waals surface area contributed by atoms with Gasteiger partial charge in [-0.1, -0.05) is 98.8 Å². The van der Waals surface area contributed by atoms with E-state index in [1.807, 2.05) is 36.5 Å². The zero-order valence-electron chi connectivity index (χ0n) is 33.2. The summed E-state index contributed by atoms with van der Waals surface area (Å²) in [4.78, 5) is 8.84. The van der Waals surface area contributed by atoms with Gasteiger partial charge in [-0.05, 0) is 81.7 Å². The van der Waals surface area contributed by atoms with Crippen LogP contribution in [0.5, 0.6) is 0 Å². The molecule has 0 unspecified atom stereocenters. The molecule has 5 aromatic carbocycles. The summed E-state index contributed by atoms with van der Waals surface area (Å²) in [5.41, 5.74) is 6.33. The van der Waals surface area contributed by atoms with Crippen molar-refractivity contribution in [1.82, 2.24) is 9.97 Å². The van der Waals surface area contributed by atoms with E-state index in [2.05, 4.69) is 104 Å². The van der Waals surface area contributed by atoms with Gasteiger partial charge in [0.05, 0.1) is 5.58 Å². The Balaban J connectivity index is 0.000000222. The van der Waals surface area contributed by atoms with E-state index in [9.17, 15) is 0 Å². The molecular weight excluding hydrogens is 765 g/mol. The molecule has 0 fully saturated rings. The summed E-state index contributed by atoms with van der Waals surface area (Å²) >= 11 is 0. The predicted molar refractivity (Wildman–Crippen MR) is 197 cm³/mol. The maximum atomic E-state index is 7.87. The van der Waals surface area contributed by atoms with Crippen LogP contribution >= 0.6 is 0 Å². The maximum Gasteiger partial charge on any atom is 0.121 e. The Hall–Kier alpha value is -4.63. The fourth-order valence-corrected chi connectivity index (χ4v) is 5.99. The summed E-state index contributed by atoms with van der Waals surface area (Å²) < 4.78 is 53.1. The predicted octanol–water partition coefficient (Wildman–Crippen LogP) is 11.8. The smallest absolute Gasteiger partial charge is 0.121 e. The molecule has 0 atom stereocenters. The van der Waals surface area contributed by atoms with Crippen molar-refractivity contribution < 1.29 is 32.7 Å². The Morgan fingerprint density at radius 1 is 0.729 bits per heavy atom. The van der Waals surface area contributed by atoms with Crippen molar-refractivity contribution in [3.8, 4) is 22.5 Å². The topological polar surface area (TPSA) is 38.9 Å². The second-order valence-electron chi connectivity index (χ2n) is 13.2. The van der Waals surface area contributed by atoms with E-state index in [1.54, 1.807) is 6.07 Å². The van der Waals surface area contributed by atoms with Gasteiger partial charge < -0.3 is 14.4 Å². The van der Waals surface area contributed by atoms with Crippen LogP contribution in [-0.4, -0.2) is 9.97 Å². The summed E-state index contributed by atoms with van der Waals surface area (Å²) in [7, 11) is 0. The number of hydrogen-bond donors (Lipinski definition) is 0. The Labute approximate surface area is 304 Å². The fourth-order valence-electron chi connectivity index (χ4n) is 5.99. The van der Waals surface area contributed by atoms with Gasteiger partial charge in [0.15, 0.2) is 0 Å². The van der Waals surface area contributed by atoms with E-state index < -0.39 is 13.7 Å². The first-order valence-corrected chi connectivity index (χ1v) is 15.7. The molecule has 0 saturated heterocycles. The molecule has 3 aromatic heterocycles. The summed E-state index contributed by atoms with van der Waals surface area (Å²) in [5, 5.41) is 6.20. The van der Waals surface area contributed by atoms with Crippen molar-refractivity contribution in [2.24, 2.45) is 5.41 Å². The number of pyridine rings is 2. The molecule has 48 heavy (non-hydrogen) atoms. The van der Waals surface area contributed by atoms with Gasteiger partial charge in [0.2, 0.25) is 0 Å². The van der Waals surface area contributed by atoms with Gasteiger partial charge in [-0.2, -0.15) is 0 Å². The van der Waals surface area contributed by atoms with E-state index in [0.29, 0.717) is 27.8 Å². The zero-order chi connectivity index (χ0) is 37.7. The number of rotatable bonds is 3. The molecule has 0 saturated carbocycles. The second kappa shape index (κ2) is 13.5. The molecule has 0 amide bonds. The Morgan fingerprint density at radius 3 is 2.29 bits per heavy atom. The molecule has 8 aromatic rings. The number of aromatic nitrogens is 2. The van der Waals surface area contributed by atoms with Crippen molar-refractivity contribution >= 4 is 43.5 Å². The molecule has 0 bridgehead atoms. The van der Waals surface area contributed by atoms with Crippen molar-refractivity contribution in [2.45, 2.75) is 47.8 Å². The minimum atomic E-state index is -2.61. The molecule has 0 aliphatic heterocycles. The molecule has 3 heterocycles. The number of fused-ring (bicyclic) bond motifs is 6. The van der Waals surface area contributed by atoms with Gasteiger partial charge in [0.1, 0.15) is 5.58 Å². The van der Waals surface area contributed by atoms with E-state index in [1.165, 1.54) is 17.2 Å². The molecule has 0 N–H and O–H groups in total. The molecule has 3 nitrogen and oxygen atoms in total. The number of aryl methyl sites for hydroxylation is 3. The van der Waals surface area contributed by atoms with Crippen LogP contribution in [0.1, 0.15) is 51.2 Å². The van der Waals surface area contributed by atoms with Gasteiger partial charge >= 0.3 is 0 Å². The minimum Gasteiger partial charge on any atom is -0.501 e. The normalized spacial score (nSPS) is 13.8. The van der Waals surface area contributed by atoms with Gasteiger partial charge in [0, 0.05) is 46.1 Å². The second-order valence-corrected chi connectivity index (χ2v) is 13.2. The van der Waals surface area contributed by atoms with Crippen molar-refractivity contribution in [3.05, 3.63) is 144 Å². The summed E-state index contributed by atoms with van der Waals surface area (Å²) in [6.07, 6.45) is 4.16. The largest absolute Gasteiger partial charge is 0.501 e. The standard InChI is InChI=1S/C27H18NO.C17H20N.Ir/c1-16-12-25(28-15-17(16)2)22-9-5-8-21-24-13-19-11-10-18-6-3-4-7-20(18)23(19)14-26(24)29-27(21)22;1-13-5-8-15(9-6-13)16-10-7-14(12-18-16)11-17(2,3)4;/h3-8,10-15H,1-2H3;5-8,10,12H,11H2,1-4H3;/q2*-1;/i1D3,2D3;;. The summed E-state index contributed by atoms with van der Waals surface area (Å²) in [5.74, 6) is 0. The van der Waals surface area contributed by atoms with Crippen LogP contribution in [0.25, 0.3) is 66.0 Å². The van der Waals surface area contributed by atoms with Gasteiger partial charge in [-0.25, -0.2) is 0 Å². The summed E-state index contributed by atoms with van der Waals surface area (Å²) in [6, 6.07) is 38.2. The van der Waals surface area contributed by atoms with E-state index >= 15 is 0 Å². The molecule has 0 aliphatic rings. The van der Waals surface area contributed by atoms with Gasteiger partial charge in [0.25, 0.3) is 0 Å². The first-order chi connectivity index (χ1) is 25.0. The Morgan fingerprint density at radius 2 is 1.54 bits per heavy atom. The van der Waals surface area contributed by atoms with Crippen LogP contribution in [0.3, 0.4) is 0 Å². The minimum absolute atomic E-state index is 0. The average Bonchev–Trinajstić information content (AvgIpc) is 3.48. The first-order valence-electron chi connectivity index (χ1n) is 18.7. The molecule has 0 aliphatic carbocycles. The van der Waals surface area contributed by atoms with Crippen LogP contribution in [0.4, 0.5) is 0 Å². The average molecular weight is 809 g/mol. The third-order valence-corrected chi connectivity index (χ3v) is 8.26. The Kier molecular flexibility index (Phi) is 7.39. The summed E-state index contributed by atoms with van der Waals surface area (Å²) in [6.45, 7) is 3.60. The van der Waals surface area contributed by atoms with Gasteiger partial charge in [-0.3, -0.25) is 0 Å². The molecule has 0 spiro atoms. The molecule has 1 radical (unpaired) electrons. The van der Waals surface area contributed by atoms with Crippen molar-refractivity contribution in [1.29, 1.82) is 0 Å². The fraction of sp³-hybridized carbons (Fsp3) is 0.182. The van der Waals surface area contributed by atoms with Crippen LogP contribution in [0, 0.1) is 38.2 Å². The number of furan rings is 1. The number of hydrogen-bond acceptors (Lipinski definition) is 3. The zero-order valence-corrected chi connectivity index (χ0v) is 29.6. The molecule has 241 valence electrons. The monoisotopic (exact) mass is 809 g/mol. The van der Waals surface area contributed by atoms with Crippen LogP contribution in [0.15, 0.2) is 114 Å². The van der Waals surface area contributed by atoms with E-state index in [-0.39, 0.29) is 31.2 Å². The van der Waals surface area contributed by atoms with Crippen LogP contribution in [0.2, 0.25) is 0 Å². The maximum absolute atomic E-state index is 7.87. The first kappa shape index (κ1) is 26.3. The Bertz CT molecular complexity index is 2600. The quantitative estimate of drug-likeness (QED) is 0.132. The molecule has 4 heteroatoms. The SMILES string of the molecule is Cc1c[c-]c(-c2ccc(CC(C)(C)C)cn2)cc1.[2H]C([2H])([2H])c1cnc(-c2[c-]ccc3c2oc2cc4c(ccc5ccccc54)cc23)cc1C([2H])([2H])[2H].[Ir]. The molecular formula is C44H38IrN2O-2. The van der Waals surface area contributed by atoms with Crippen LogP contribution < -0.4 is 0 Å². The van der Waals surface area contributed by atoms with Crippen molar-refractivity contribution in [2.75, 3.05) is 0 Å². The van der Waals surface area contributed by atoms with Crippen LogP contribution in [-0.2, 0) is 26.5 Å². The molecule has 8 rings (SSSR count). The van der Waals surface area contributed by atoms with E-state index in [4.69, 9.17) is 12.6 Å². The van der Waals surface area contributed by atoms with Gasteiger partial charge in [-0.15, -0.1) is 53.6 Å². The van der Waals surface area contributed by atoms with E-state index in [0.717, 1.165) is 56.2 Å². The number of benzene rings is 5. The third-order valence-electron chi connectivity index (χ3n) is 8.26. The number of nitrogens with zero attached hydrogens (tertiary/aromatic N) is 2. The van der Waals surface area contributed by atoms with Crippen molar-refractivity contribution in [3.63, 3.8) is 0 Å². The third kappa shape index (κ3) is 6.83.